The number of ether oxygens (including phenoxy) is 1. The van der Waals surface area contributed by atoms with Gasteiger partial charge in [0.2, 0.25) is 0 Å². The lowest BCUT2D eigenvalue weighted by molar-refractivity contribution is 0.265. The molecule has 0 fully saturated rings. The van der Waals surface area contributed by atoms with Crippen LogP contribution in [0.2, 0.25) is 10.0 Å². The third-order valence-corrected chi connectivity index (χ3v) is 3.49. The Bertz CT molecular complexity index is 567. The molecule has 1 aromatic heterocycles. The minimum Gasteiger partial charge on any atom is -0.484 e. The molecular weight excluding hydrogens is 297 g/mol. The lowest BCUT2D eigenvalue weighted by Gasteiger charge is -2.07. The van der Waals surface area contributed by atoms with E-state index >= 15 is 0 Å². The molecule has 1 heterocycles. The van der Waals surface area contributed by atoms with Crippen LogP contribution in [-0.2, 0) is 13.2 Å². The van der Waals surface area contributed by atoms with Crippen molar-refractivity contribution in [2.24, 2.45) is 0 Å². The van der Waals surface area contributed by atoms with Gasteiger partial charge in [0.25, 0.3) is 0 Å². The van der Waals surface area contributed by atoms with Crippen LogP contribution in [0.4, 0.5) is 0 Å². The highest BCUT2D eigenvalue weighted by atomic mass is 35.5. The van der Waals surface area contributed by atoms with Crippen LogP contribution in [0.1, 0.15) is 25.4 Å². The molecule has 2 rings (SSSR count). The fourth-order valence-electron chi connectivity index (χ4n) is 1.64. The first-order valence-electron chi connectivity index (χ1n) is 6.44. The van der Waals surface area contributed by atoms with Crippen LogP contribution in [0.15, 0.2) is 34.7 Å². The standard InChI is InChI=1S/C15H17Cl2NO2/c1-10(2)18-8-11-6-7-12(20-11)9-19-14-5-3-4-13(16)15(14)17/h3-7,10,18H,8-9H2,1-2H3. The maximum atomic E-state index is 6.05. The number of benzene rings is 1. The van der Waals surface area contributed by atoms with E-state index in [1.807, 2.05) is 12.1 Å². The Morgan fingerprint density at radius 1 is 1.15 bits per heavy atom. The van der Waals surface area contributed by atoms with Crippen molar-refractivity contribution in [3.05, 3.63) is 51.9 Å². The highest BCUT2D eigenvalue weighted by Gasteiger charge is 2.08. The fraction of sp³-hybridized carbons (Fsp3) is 0.333. The zero-order valence-corrected chi connectivity index (χ0v) is 13.0. The molecule has 0 aliphatic rings. The number of furan rings is 1. The summed E-state index contributed by atoms with van der Waals surface area (Å²) in [6, 6.07) is 9.55. The van der Waals surface area contributed by atoms with E-state index in [-0.39, 0.29) is 0 Å². The zero-order valence-electron chi connectivity index (χ0n) is 11.5. The number of nitrogens with one attached hydrogen (secondary N) is 1. The largest absolute Gasteiger partial charge is 0.484 e. The third kappa shape index (κ3) is 4.17. The highest BCUT2D eigenvalue weighted by Crippen LogP contribution is 2.31. The molecule has 2 aromatic rings. The molecule has 0 saturated carbocycles. The van der Waals surface area contributed by atoms with Gasteiger partial charge in [-0.1, -0.05) is 43.1 Å². The predicted molar refractivity (Wildman–Crippen MR) is 81.5 cm³/mol. The van der Waals surface area contributed by atoms with Crippen molar-refractivity contribution in [3.8, 4) is 5.75 Å². The summed E-state index contributed by atoms with van der Waals surface area (Å²) in [6.07, 6.45) is 0. The van der Waals surface area contributed by atoms with E-state index in [1.54, 1.807) is 18.2 Å². The van der Waals surface area contributed by atoms with Crippen LogP contribution in [0.25, 0.3) is 0 Å². The summed E-state index contributed by atoms with van der Waals surface area (Å²) in [5, 5.41) is 4.19. The molecule has 1 N–H and O–H groups in total. The van der Waals surface area contributed by atoms with Gasteiger partial charge in [0.15, 0.2) is 0 Å². The number of halogens is 2. The maximum Gasteiger partial charge on any atom is 0.146 e. The third-order valence-electron chi connectivity index (χ3n) is 2.69. The summed E-state index contributed by atoms with van der Waals surface area (Å²) in [4.78, 5) is 0. The Hall–Kier alpha value is -1.16. The first-order chi connectivity index (χ1) is 9.56. The Morgan fingerprint density at radius 2 is 1.90 bits per heavy atom. The van der Waals surface area contributed by atoms with Crippen LogP contribution >= 0.6 is 23.2 Å². The normalized spacial score (nSPS) is 11.1. The van der Waals surface area contributed by atoms with Crippen LogP contribution in [0, 0.1) is 0 Å². The monoisotopic (exact) mass is 313 g/mol. The molecule has 1 aromatic carbocycles. The van der Waals surface area contributed by atoms with E-state index < -0.39 is 0 Å². The van der Waals surface area contributed by atoms with Crippen LogP contribution in [0.5, 0.6) is 5.75 Å². The maximum absolute atomic E-state index is 6.05. The molecule has 0 saturated heterocycles. The molecule has 0 spiro atoms. The second-order valence-electron chi connectivity index (χ2n) is 4.74. The number of hydrogen-bond acceptors (Lipinski definition) is 3. The quantitative estimate of drug-likeness (QED) is 0.842. The Labute approximate surface area is 128 Å². The van der Waals surface area contributed by atoms with Gasteiger partial charge < -0.3 is 14.5 Å². The fourth-order valence-corrected chi connectivity index (χ4v) is 1.99. The first kappa shape index (κ1) is 15.2. The van der Waals surface area contributed by atoms with E-state index in [1.165, 1.54) is 0 Å². The summed E-state index contributed by atoms with van der Waals surface area (Å²) >= 11 is 12.0. The molecule has 0 atom stereocenters. The van der Waals surface area contributed by atoms with Gasteiger partial charge in [-0.25, -0.2) is 0 Å². The number of rotatable bonds is 6. The van der Waals surface area contributed by atoms with E-state index in [0.717, 1.165) is 11.5 Å². The second kappa shape index (κ2) is 7.02. The lowest BCUT2D eigenvalue weighted by atomic mass is 10.3. The highest BCUT2D eigenvalue weighted by molar-refractivity contribution is 6.42. The molecule has 0 radical (unpaired) electrons. The van der Waals surface area contributed by atoms with Gasteiger partial charge >= 0.3 is 0 Å². The van der Waals surface area contributed by atoms with E-state index in [0.29, 0.717) is 35.0 Å². The van der Waals surface area contributed by atoms with E-state index in [2.05, 4.69) is 19.2 Å². The van der Waals surface area contributed by atoms with E-state index in [9.17, 15) is 0 Å². The summed E-state index contributed by atoms with van der Waals surface area (Å²) in [6.45, 7) is 5.21. The molecule has 0 amide bonds. The van der Waals surface area contributed by atoms with Gasteiger partial charge in [0.1, 0.15) is 28.9 Å². The lowest BCUT2D eigenvalue weighted by Crippen LogP contribution is -2.21. The molecule has 108 valence electrons. The smallest absolute Gasteiger partial charge is 0.146 e. The predicted octanol–water partition coefficient (Wildman–Crippen LogP) is 4.66. The van der Waals surface area contributed by atoms with Gasteiger partial charge in [0, 0.05) is 6.04 Å². The van der Waals surface area contributed by atoms with Crippen molar-refractivity contribution in [1.29, 1.82) is 0 Å². The summed E-state index contributed by atoms with van der Waals surface area (Å²) in [5.74, 6) is 2.19. The SMILES string of the molecule is CC(C)NCc1ccc(COc2cccc(Cl)c2Cl)o1. The second-order valence-corrected chi connectivity index (χ2v) is 5.53. The van der Waals surface area contributed by atoms with Crippen LogP contribution < -0.4 is 10.1 Å². The zero-order chi connectivity index (χ0) is 14.5. The van der Waals surface area contributed by atoms with Crippen molar-refractivity contribution in [2.75, 3.05) is 0 Å². The minimum absolute atomic E-state index is 0.321. The molecule has 0 bridgehead atoms. The van der Waals surface area contributed by atoms with Crippen molar-refractivity contribution < 1.29 is 9.15 Å². The molecule has 5 heteroatoms. The van der Waals surface area contributed by atoms with Gasteiger partial charge in [-0.3, -0.25) is 0 Å². The Kier molecular flexibility index (Phi) is 5.35. The Morgan fingerprint density at radius 3 is 2.65 bits per heavy atom. The van der Waals surface area contributed by atoms with Crippen molar-refractivity contribution in [3.63, 3.8) is 0 Å². The average Bonchev–Trinajstić information content (AvgIpc) is 2.86. The molecule has 20 heavy (non-hydrogen) atoms. The van der Waals surface area contributed by atoms with E-state index in [4.69, 9.17) is 32.4 Å². The molecule has 0 aliphatic carbocycles. The van der Waals surface area contributed by atoms with Crippen molar-refractivity contribution >= 4 is 23.2 Å². The van der Waals surface area contributed by atoms with Gasteiger partial charge in [0.05, 0.1) is 11.6 Å². The summed E-state index contributed by atoms with van der Waals surface area (Å²) in [5.41, 5.74) is 0. The number of hydrogen-bond donors (Lipinski definition) is 1. The van der Waals surface area contributed by atoms with Crippen LogP contribution in [-0.4, -0.2) is 6.04 Å². The van der Waals surface area contributed by atoms with Gasteiger partial charge in [-0.15, -0.1) is 0 Å². The summed E-state index contributed by atoms with van der Waals surface area (Å²) in [7, 11) is 0. The van der Waals surface area contributed by atoms with Crippen LogP contribution in [0.3, 0.4) is 0 Å². The summed E-state index contributed by atoms with van der Waals surface area (Å²) < 4.78 is 11.3. The molecule has 0 unspecified atom stereocenters. The van der Waals surface area contributed by atoms with Crippen molar-refractivity contribution in [2.45, 2.75) is 33.0 Å². The minimum atomic E-state index is 0.321. The topological polar surface area (TPSA) is 34.4 Å². The first-order valence-corrected chi connectivity index (χ1v) is 7.19. The van der Waals surface area contributed by atoms with Gasteiger partial charge in [-0.05, 0) is 24.3 Å². The molecular formula is C15H17Cl2NO2. The molecule has 0 aliphatic heterocycles. The van der Waals surface area contributed by atoms with Crippen molar-refractivity contribution in [1.82, 2.24) is 5.32 Å². The molecule has 3 nitrogen and oxygen atoms in total. The van der Waals surface area contributed by atoms with Gasteiger partial charge in [-0.2, -0.15) is 0 Å². The Balaban J connectivity index is 1.92. The average molecular weight is 314 g/mol.